The summed E-state index contributed by atoms with van der Waals surface area (Å²) in [6, 6.07) is 16.0. The minimum atomic E-state index is -0.399. The van der Waals surface area contributed by atoms with E-state index in [1.165, 1.54) is 56.9 Å². The first kappa shape index (κ1) is 26.0. The summed E-state index contributed by atoms with van der Waals surface area (Å²) in [6.07, 6.45) is 10.7. The number of hydrogen-bond donors (Lipinski definition) is 1. The van der Waals surface area contributed by atoms with Gasteiger partial charge < -0.3 is 14.6 Å². The molecular weight excluding hydrogens is 433 g/mol. The zero-order valence-corrected chi connectivity index (χ0v) is 22.2. The molecule has 0 unspecified atom stereocenters. The van der Waals surface area contributed by atoms with Crippen LogP contribution in [0.4, 0.5) is 5.69 Å². The lowest BCUT2D eigenvalue weighted by Gasteiger charge is -2.32. The smallest absolute Gasteiger partial charge is 0.399 e. The van der Waals surface area contributed by atoms with E-state index in [0.717, 1.165) is 17.1 Å². The Kier molecular flexibility index (Phi) is 8.07. The second-order valence-electron chi connectivity index (χ2n) is 11.5. The highest BCUT2D eigenvalue weighted by Gasteiger charge is 2.51. The fourth-order valence-corrected chi connectivity index (χ4v) is 5.28. The molecular formula is C30H42BNO3. The molecule has 0 aromatic heterocycles. The SMILES string of the molecule is CCCCC[C@H]1CC[C@H](c2ccc(C(=O)Nc3ccc(B4OC(C)(C)C(C)(C)O4)cc3)cc2)CC1. The van der Waals surface area contributed by atoms with Gasteiger partial charge in [0.25, 0.3) is 5.91 Å². The number of anilines is 1. The van der Waals surface area contributed by atoms with Gasteiger partial charge in [-0.1, -0.05) is 56.9 Å². The zero-order chi connectivity index (χ0) is 25.1. The summed E-state index contributed by atoms with van der Waals surface area (Å²) in [6.45, 7) is 10.5. The number of unbranched alkanes of at least 4 members (excludes halogenated alkanes) is 2. The number of amides is 1. The molecule has 2 aromatic carbocycles. The summed E-state index contributed by atoms with van der Waals surface area (Å²) in [7, 11) is -0.399. The number of carbonyl (C=O) groups is 1. The Labute approximate surface area is 212 Å². The number of rotatable bonds is 8. The molecule has 2 aliphatic rings. The van der Waals surface area contributed by atoms with Crippen molar-refractivity contribution in [1.29, 1.82) is 0 Å². The Morgan fingerprint density at radius 2 is 1.49 bits per heavy atom. The predicted octanol–water partition coefficient (Wildman–Crippen LogP) is 7.09. The summed E-state index contributed by atoms with van der Waals surface area (Å²) < 4.78 is 12.2. The molecule has 1 saturated heterocycles. The topological polar surface area (TPSA) is 47.6 Å². The predicted molar refractivity (Wildman–Crippen MR) is 145 cm³/mol. The van der Waals surface area contributed by atoms with Gasteiger partial charge in [-0.15, -0.1) is 0 Å². The molecule has 5 heteroatoms. The van der Waals surface area contributed by atoms with Crippen molar-refractivity contribution in [1.82, 2.24) is 0 Å². The molecule has 1 aliphatic heterocycles. The van der Waals surface area contributed by atoms with Gasteiger partial charge in [0.1, 0.15) is 0 Å². The van der Waals surface area contributed by atoms with Crippen molar-refractivity contribution in [3.8, 4) is 0 Å². The lowest BCUT2D eigenvalue weighted by molar-refractivity contribution is 0.00578. The van der Waals surface area contributed by atoms with Crippen molar-refractivity contribution in [3.05, 3.63) is 59.7 Å². The number of benzene rings is 2. The van der Waals surface area contributed by atoms with Crippen LogP contribution in [0.5, 0.6) is 0 Å². The van der Waals surface area contributed by atoms with Gasteiger partial charge in [-0.2, -0.15) is 0 Å². The highest BCUT2D eigenvalue weighted by atomic mass is 16.7. The van der Waals surface area contributed by atoms with Crippen LogP contribution in [0, 0.1) is 5.92 Å². The van der Waals surface area contributed by atoms with Gasteiger partial charge in [-0.3, -0.25) is 4.79 Å². The van der Waals surface area contributed by atoms with Crippen LogP contribution in [-0.2, 0) is 9.31 Å². The standard InChI is InChI=1S/C30H42BNO3/c1-6-7-8-9-22-10-12-23(13-11-22)24-14-16-25(17-15-24)28(33)32-27-20-18-26(19-21-27)31-34-29(2,3)30(4,5)35-31/h14-23H,6-13H2,1-5H3,(H,32,33)/t22-,23-. The van der Waals surface area contributed by atoms with Crippen LogP contribution in [0.25, 0.3) is 0 Å². The number of hydrogen-bond acceptors (Lipinski definition) is 3. The lowest BCUT2D eigenvalue weighted by atomic mass is 9.77. The van der Waals surface area contributed by atoms with Crippen LogP contribution in [-0.4, -0.2) is 24.2 Å². The van der Waals surface area contributed by atoms with Gasteiger partial charge in [0.05, 0.1) is 11.2 Å². The fraction of sp³-hybridized carbons (Fsp3) is 0.567. The van der Waals surface area contributed by atoms with E-state index in [2.05, 4.69) is 24.4 Å². The third-order valence-corrected chi connectivity index (χ3v) is 8.40. The molecule has 2 aromatic rings. The van der Waals surface area contributed by atoms with Crippen LogP contribution in [0.15, 0.2) is 48.5 Å². The van der Waals surface area contributed by atoms with Crippen LogP contribution < -0.4 is 10.8 Å². The number of nitrogens with one attached hydrogen (secondary N) is 1. The van der Waals surface area contributed by atoms with Crippen molar-refractivity contribution < 1.29 is 14.1 Å². The molecule has 0 radical (unpaired) electrons. The van der Waals surface area contributed by atoms with Crippen molar-refractivity contribution in [3.63, 3.8) is 0 Å². The zero-order valence-electron chi connectivity index (χ0n) is 22.2. The Morgan fingerprint density at radius 3 is 2.06 bits per heavy atom. The van der Waals surface area contributed by atoms with Gasteiger partial charge in [-0.05, 0) is 101 Å². The van der Waals surface area contributed by atoms with Crippen LogP contribution in [0.3, 0.4) is 0 Å². The molecule has 188 valence electrons. The minimum Gasteiger partial charge on any atom is -0.399 e. The molecule has 1 N–H and O–H groups in total. The molecule has 4 rings (SSSR count). The third-order valence-electron chi connectivity index (χ3n) is 8.40. The van der Waals surface area contributed by atoms with E-state index in [0.29, 0.717) is 11.5 Å². The van der Waals surface area contributed by atoms with Gasteiger partial charge in [0.15, 0.2) is 0 Å². The van der Waals surface area contributed by atoms with Crippen LogP contribution >= 0.6 is 0 Å². The highest BCUT2D eigenvalue weighted by Crippen LogP contribution is 2.38. The number of carbonyl (C=O) groups excluding carboxylic acids is 1. The molecule has 0 atom stereocenters. The van der Waals surface area contributed by atoms with E-state index in [1.807, 2.05) is 64.1 Å². The van der Waals surface area contributed by atoms with Crippen molar-refractivity contribution in [2.24, 2.45) is 5.92 Å². The van der Waals surface area contributed by atoms with Gasteiger partial charge in [0, 0.05) is 11.3 Å². The van der Waals surface area contributed by atoms with Crippen LogP contribution in [0.2, 0.25) is 0 Å². The first-order valence-corrected chi connectivity index (χ1v) is 13.6. The highest BCUT2D eigenvalue weighted by molar-refractivity contribution is 6.62. The molecule has 0 bridgehead atoms. The first-order chi connectivity index (χ1) is 16.7. The normalized spacial score (nSPS) is 23.3. The van der Waals surface area contributed by atoms with Crippen molar-refractivity contribution >= 4 is 24.2 Å². The summed E-state index contributed by atoms with van der Waals surface area (Å²) in [5, 5.41) is 3.02. The Bertz CT molecular complexity index is 960. The minimum absolute atomic E-state index is 0.0837. The maximum Gasteiger partial charge on any atom is 0.494 e. The Morgan fingerprint density at radius 1 is 0.886 bits per heavy atom. The van der Waals surface area contributed by atoms with E-state index in [9.17, 15) is 4.79 Å². The van der Waals surface area contributed by atoms with E-state index in [1.54, 1.807) is 0 Å². The molecule has 35 heavy (non-hydrogen) atoms. The van der Waals surface area contributed by atoms with E-state index in [-0.39, 0.29) is 17.1 Å². The Hall–Kier alpha value is -2.11. The van der Waals surface area contributed by atoms with E-state index < -0.39 is 7.12 Å². The van der Waals surface area contributed by atoms with Crippen molar-refractivity contribution in [2.75, 3.05) is 5.32 Å². The average Bonchev–Trinajstić information content (AvgIpc) is 3.07. The summed E-state index contributed by atoms with van der Waals surface area (Å²) in [5.41, 5.74) is 3.04. The van der Waals surface area contributed by atoms with Gasteiger partial charge >= 0.3 is 7.12 Å². The molecule has 2 fully saturated rings. The first-order valence-electron chi connectivity index (χ1n) is 13.6. The summed E-state index contributed by atoms with van der Waals surface area (Å²) in [5.74, 6) is 1.47. The molecule has 1 aliphatic carbocycles. The summed E-state index contributed by atoms with van der Waals surface area (Å²) >= 11 is 0. The summed E-state index contributed by atoms with van der Waals surface area (Å²) in [4.78, 5) is 12.8. The fourth-order valence-electron chi connectivity index (χ4n) is 5.28. The molecule has 4 nitrogen and oxygen atoms in total. The molecule has 1 heterocycles. The van der Waals surface area contributed by atoms with Crippen molar-refractivity contribution in [2.45, 2.75) is 103 Å². The van der Waals surface area contributed by atoms with E-state index >= 15 is 0 Å². The second kappa shape index (κ2) is 10.9. The van der Waals surface area contributed by atoms with Gasteiger partial charge in [0.2, 0.25) is 0 Å². The molecule has 1 saturated carbocycles. The second-order valence-corrected chi connectivity index (χ2v) is 11.5. The quantitative estimate of drug-likeness (QED) is 0.327. The molecule has 0 spiro atoms. The van der Waals surface area contributed by atoms with Gasteiger partial charge in [-0.25, -0.2) is 0 Å². The Balaban J connectivity index is 1.29. The monoisotopic (exact) mass is 475 g/mol. The van der Waals surface area contributed by atoms with Crippen LogP contribution in [0.1, 0.15) is 108 Å². The third kappa shape index (κ3) is 6.18. The van der Waals surface area contributed by atoms with E-state index in [4.69, 9.17) is 9.31 Å². The maximum atomic E-state index is 12.8. The average molecular weight is 475 g/mol. The lowest BCUT2D eigenvalue weighted by Crippen LogP contribution is -2.41. The largest absolute Gasteiger partial charge is 0.494 e. The maximum absolute atomic E-state index is 12.8. The molecule has 1 amide bonds.